The molecule has 0 spiro atoms. The summed E-state index contributed by atoms with van der Waals surface area (Å²) in [4.78, 5) is 19.2. The number of benzene rings is 1. The van der Waals surface area contributed by atoms with E-state index in [2.05, 4.69) is 25.9 Å². The highest BCUT2D eigenvalue weighted by atomic mass is 79.9. The summed E-state index contributed by atoms with van der Waals surface area (Å²) < 4.78 is 69.0. The summed E-state index contributed by atoms with van der Waals surface area (Å²) >= 11 is 8.98. The van der Waals surface area contributed by atoms with Crippen LogP contribution in [-0.2, 0) is 5.92 Å². The number of amides is 1. The summed E-state index contributed by atoms with van der Waals surface area (Å²) in [6, 6.07) is 9.51. The topological polar surface area (TPSA) is 73.3 Å². The first-order valence-electron chi connectivity index (χ1n) is 8.44. The van der Waals surface area contributed by atoms with Crippen molar-refractivity contribution in [3.8, 4) is 11.1 Å². The molecule has 0 radical (unpaired) electrons. The highest BCUT2D eigenvalue weighted by molar-refractivity contribution is 9.10. The summed E-state index contributed by atoms with van der Waals surface area (Å²) in [6.07, 6.45) is -5.87. The Labute approximate surface area is 183 Å². The van der Waals surface area contributed by atoms with Crippen LogP contribution in [0.25, 0.3) is 27.8 Å². The number of aromatic nitrogens is 3. The molecule has 4 aromatic rings. The molecule has 1 aromatic carbocycles. The van der Waals surface area contributed by atoms with Gasteiger partial charge in [0.1, 0.15) is 21.6 Å². The number of rotatable bonds is 3. The SMILES string of the molecule is NC(=O)c1nc2ccc3c(-c4ccc(Cl)cc4)cc(C(F)(F)C(F)(F)F)nc3n2c1Br. The van der Waals surface area contributed by atoms with Gasteiger partial charge in [-0.3, -0.25) is 9.20 Å². The number of imidazole rings is 1. The summed E-state index contributed by atoms with van der Waals surface area (Å²) in [6.45, 7) is 0. The van der Waals surface area contributed by atoms with Gasteiger partial charge >= 0.3 is 12.1 Å². The molecule has 0 fully saturated rings. The predicted molar refractivity (Wildman–Crippen MR) is 107 cm³/mol. The zero-order valence-corrected chi connectivity index (χ0v) is 17.4. The van der Waals surface area contributed by atoms with Crippen LogP contribution in [0.2, 0.25) is 5.02 Å². The van der Waals surface area contributed by atoms with Crippen molar-refractivity contribution in [2.45, 2.75) is 12.1 Å². The zero-order valence-electron chi connectivity index (χ0n) is 15.0. The lowest BCUT2D eigenvalue weighted by Crippen LogP contribution is -2.34. The maximum Gasteiger partial charge on any atom is 0.459 e. The molecule has 2 N–H and O–H groups in total. The van der Waals surface area contributed by atoms with Crippen LogP contribution < -0.4 is 5.73 Å². The highest BCUT2D eigenvalue weighted by Crippen LogP contribution is 2.45. The molecule has 4 rings (SSSR count). The minimum Gasteiger partial charge on any atom is -0.364 e. The number of pyridine rings is 2. The molecule has 5 nitrogen and oxygen atoms in total. The molecule has 0 atom stereocenters. The van der Waals surface area contributed by atoms with Crippen molar-refractivity contribution < 1.29 is 26.7 Å². The van der Waals surface area contributed by atoms with Crippen molar-refractivity contribution in [2.75, 3.05) is 0 Å². The van der Waals surface area contributed by atoms with Gasteiger partial charge in [-0.2, -0.15) is 22.0 Å². The summed E-state index contributed by atoms with van der Waals surface area (Å²) in [5.41, 5.74) is 3.74. The Hall–Kier alpha value is -2.79. The third kappa shape index (κ3) is 3.41. The second kappa shape index (κ2) is 7.13. The second-order valence-electron chi connectivity index (χ2n) is 6.51. The highest BCUT2D eigenvalue weighted by Gasteiger charge is 2.60. The Bertz CT molecular complexity index is 1350. The lowest BCUT2D eigenvalue weighted by molar-refractivity contribution is -0.290. The van der Waals surface area contributed by atoms with Crippen LogP contribution in [0.5, 0.6) is 0 Å². The number of halogens is 7. The van der Waals surface area contributed by atoms with E-state index < -0.39 is 23.7 Å². The number of carbonyl (C=O) groups excluding carboxylic acids is 1. The minimum atomic E-state index is -5.87. The van der Waals surface area contributed by atoms with Crippen LogP contribution in [-0.4, -0.2) is 26.5 Å². The van der Waals surface area contributed by atoms with E-state index in [9.17, 15) is 26.7 Å². The van der Waals surface area contributed by atoms with Gasteiger partial charge in [-0.15, -0.1) is 0 Å². The van der Waals surface area contributed by atoms with Crippen LogP contribution >= 0.6 is 27.5 Å². The average Bonchev–Trinajstić information content (AvgIpc) is 3.04. The molecule has 0 aliphatic heterocycles. The van der Waals surface area contributed by atoms with Crippen LogP contribution in [0.3, 0.4) is 0 Å². The molecule has 0 saturated heterocycles. The van der Waals surface area contributed by atoms with Gasteiger partial charge in [0.25, 0.3) is 5.91 Å². The van der Waals surface area contributed by atoms with E-state index in [0.717, 1.165) is 4.40 Å². The van der Waals surface area contributed by atoms with Crippen molar-refractivity contribution in [1.29, 1.82) is 0 Å². The molecule has 0 aliphatic carbocycles. The van der Waals surface area contributed by atoms with Crippen LogP contribution in [0.15, 0.2) is 47.1 Å². The van der Waals surface area contributed by atoms with Crippen LogP contribution in [0, 0.1) is 0 Å². The molecule has 3 aromatic heterocycles. The fourth-order valence-corrected chi connectivity index (χ4v) is 3.86. The first-order valence-corrected chi connectivity index (χ1v) is 9.61. The third-order valence-electron chi connectivity index (χ3n) is 4.56. The van der Waals surface area contributed by atoms with E-state index in [1.54, 1.807) is 0 Å². The van der Waals surface area contributed by atoms with E-state index in [-0.39, 0.29) is 32.5 Å². The Morgan fingerprint density at radius 1 is 1.03 bits per heavy atom. The number of primary amides is 1. The molecular formula is C19H9BrClF5N4O. The van der Waals surface area contributed by atoms with E-state index in [1.807, 2.05) is 0 Å². The molecule has 0 bridgehead atoms. The maximum absolute atomic E-state index is 14.3. The molecule has 12 heteroatoms. The van der Waals surface area contributed by atoms with Crippen molar-refractivity contribution in [1.82, 2.24) is 14.4 Å². The van der Waals surface area contributed by atoms with Crippen molar-refractivity contribution in [3.63, 3.8) is 0 Å². The maximum atomic E-state index is 14.3. The third-order valence-corrected chi connectivity index (χ3v) is 5.55. The van der Waals surface area contributed by atoms with Crippen LogP contribution in [0.4, 0.5) is 22.0 Å². The zero-order chi connectivity index (χ0) is 22.7. The standard InChI is InChI=1S/C19H9BrClF5N4O/c20-15-14(16(27)31)29-13-6-5-10-11(8-1-3-9(21)4-2-8)7-12(28-17(10)30(13)15)18(22,23)19(24,25)26/h1-7H,(H2,27,31). The normalized spacial score (nSPS) is 12.6. The first kappa shape index (κ1) is 21.4. The molecule has 0 unspecified atom stereocenters. The van der Waals surface area contributed by atoms with Gasteiger partial charge in [-0.25, -0.2) is 9.97 Å². The fourth-order valence-electron chi connectivity index (χ4n) is 3.10. The molecule has 1 amide bonds. The van der Waals surface area contributed by atoms with Crippen molar-refractivity contribution in [2.24, 2.45) is 5.73 Å². The Balaban J connectivity index is 2.16. The first-order chi connectivity index (χ1) is 14.4. The monoisotopic (exact) mass is 518 g/mol. The van der Waals surface area contributed by atoms with Crippen molar-refractivity contribution in [3.05, 3.63) is 63.5 Å². The lowest BCUT2D eigenvalue weighted by Gasteiger charge is -2.21. The summed E-state index contributed by atoms with van der Waals surface area (Å²) in [5, 5.41) is 0.597. The van der Waals surface area contributed by atoms with E-state index in [4.69, 9.17) is 17.3 Å². The molecule has 31 heavy (non-hydrogen) atoms. The summed E-state index contributed by atoms with van der Waals surface area (Å²) in [5.74, 6) is -6.15. The fraction of sp³-hybridized carbons (Fsp3) is 0.105. The predicted octanol–water partition coefficient (Wildman–Crippen LogP) is 5.72. The van der Waals surface area contributed by atoms with E-state index in [0.29, 0.717) is 16.7 Å². The van der Waals surface area contributed by atoms with E-state index in [1.165, 1.54) is 36.4 Å². The minimum absolute atomic E-state index is 0.0253. The Kier molecular flexibility index (Phi) is 4.93. The molecule has 160 valence electrons. The molecule has 0 aliphatic rings. The molecule has 0 saturated carbocycles. The van der Waals surface area contributed by atoms with Gasteiger partial charge in [0, 0.05) is 10.4 Å². The van der Waals surface area contributed by atoms with Gasteiger partial charge in [0.05, 0.1) is 0 Å². The molecular weight excluding hydrogens is 511 g/mol. The lowest BCUT2D eigenvalue weighted by atomic mass is 10.00. The van der Waals surface area contributed by atoms with Gasteiger partial charge in [0.15, 0.2) is 5.69 Å². The number of nitrogens with zero attached hydrogens (tertiary/aromatic N) is 3. The van der Waals surface area contributed by atoms with Gasteiger partial charge in [-0.1, -0.05) is 23.7 Å². The summed E-state index contributed by atoms with van der Waals surface area (Å²) in [7, 11) is 0. The van der Waals surface area contributed by atoms with Gasteiger partial charge in [0.2, 0.25) is 0 Å². The number of alkyl halides is 5. The average molecular weight is 520 g/mol. The Morgan fingerprint density at radius 3 is 2.26 bits per heavy atom. The number of nitrogens with two attached hydrogens (primary N) is 1. The van der Waals surface area contributed by atoms with Crippen LogP contribution in [0.1, 0.15) is 16.2 Å². The quantitative estimate of drug-likeness (QED) is 0.352. The van der Waals surface area contributed by atoms with Gasteiger partial charge < -0.3 is 5.73 Å². The number of hydrogen-bond donors (Lipinski definition) is 1. The Morgan fingerprint density at radius 2 is 1.68 bits per heavy atom. The second-order valence-corrected chi connectivity index (χ2v) is 7.70. The van der Waals surface area contributed by atoms with Crippen molar-refractivity contribution >= 4 is 50.1 Å². The number of hydrogen-bond acceptors (Lipinski definition) is 3. The van der Waals surface area contributed by atoms with Gasteiger partial charge in [-0.05, 0) is 57.4 Å². The largest absolute Gasteiger partial charge is 0.459 e. The molecule has 3 heterocycles. The number of carbonyl (C=O) groups is 1. The smallest absolute Gasteiger partial charge is 0.364 e. The van der Waals surface area contributed by atoms with E-state index >= 15 is 0 Å². The number of fused-ring (bicyclic) bond motifs is 3.